The molecule has 0 atom stereocenters. The summed E-state index contributed by atoms with van der Waals surface area (Å²) in [6.07, 6.45) is -4.01. The second-order valence-electron chi connectivity index (χ2n) is 6.62. The zero-order chi connectivity index (χ0) is 21.2. The molecule has 1 N–H and O–H groups in total. The topological polar surface area (TPSA) is 98.5 Å². The van der Waals surface area contributed by atoms with Crippen molar-refractivity contribution in [3.8, 4) is 11.6 Å². The van der Waals surface area contributed by atoms with Crippen LogP contribution in [0.15, 0.2) is 41.3 Å². The number of hydrogen-bond acceptors (Lipinski definition) is 6. The van der Waals surface area contributed by atoms with E-state index in [2.05, 4.69) is 20.0 Å². The molecule has 156 valence electrons. The molecule has 8 nitrogen and oxygen atoms in total. The fourth-order valence-corrected chi connectivity index (χ4v) is 3.42. The Morgan fingerprint density at radius 2 is 1.79 bits per heavy atom. The summed E-state index contributed by atoms with van der Waals surface area (Å²) in [5, 5.41) is 10.2. The molecular formula is C17H18F3N5O3S. The number of nitrogens with zero attached hydrogens (tertiary/aromatic N) is 4. The lowest BCUT2D eigenvalue weighted by Crippen LogP contribution is -2.25. The van der Waals surface area contributed by atoms with Gasteiger partial charge < -0.3 is 4.74 Å². The zero-order valence-corrected chi connectivity index (χ0v) is 16.3. The molecule has 0 amide bonds. The lowest BCUT2D eigenvalue weighted by atomic mass is 10.1. The SMILES string of the molecule is CC(C)CCNS(=O)(=O)c1ccc(Oc2ccc3nnc(C(F)(F)F)n3n2)cc1. The number of rotatable bonds is 7. The van der Waals surface area contributed by atoms with E-state index in [1.54, 1.807) is 0 Å². The summed E-state index contributed by atoms with van der Waals surface area (Å²) in [6, 6.07) is 8.07. The summed E-state index contributed by atoms with van der Waals surface area (Å²) < 4.78 is 71.8. The van der Waals surface area contributed by atoms with E-state index in [1.165, 1.54) is 36.4 Å². The fourth-order valence-electron chi connectivity index (χ4n) is 2.38. The normalized spacial score (nSPS) is 12.6. The Kier molecular flexibility index (Phi) is 5.75. The molecule has 0 saturated heterocycles. The van der Waals surface area contributed by atoms with Crippen LogP contribution in [0.2, 0.25) is 0 Å². The van der Waals surface area contributed by atoms with Gasteiger partial charge in [-0.15, -0.1) is 15.3 Å². The first-order valence-electron chi connectivity index (χ1n) is 8.63. The minimum atomic E-state index is -4.72. The predicted octanol–water partition coefficient (Wildman–Crippen LogP) is 3.26. The van der Waals surface area contributed by atoms with Crippen molar-refractivity contribution in [3.05, 3.63) is 42.2 Å². The minimum Gasteiger partial charge on any atom is -0.438 e. The summed E-state index contributed by atoms with van der Waals surface area (Å²) >= 11 is 0. The Morgan fingerprint density at radius 1 is 1.10 bits per heavy atom. The van der Waals surface area contributed by atoms with Gasteiger partial charge in [-0.25, -0.2) is 13.1 Å². The highest BCUT2D eigenvalue weighted by atomic mass is 32.2. The Morgan fingerprint density at radius 3 is 2.41 bits per heavy atom. The molecular weight excluding hydrogens is 411 g/mol. The third-order valence-corrected chi connectivity index (χ3v) is 5.34. The van der Waals surface area contributed by atoms with Gasteiger partial charge in [-0.3, -0.25) is 0 Å². The highest BCUT2D eigenvalue weighted by Crippen LogP contribution is 2.28. The molecule has 29 heavy (non-hydrogen) atoms. The van der Waals surface area contributed by atoms with E-state index in [-0.39, 0.29) is 22.2 Å². The number of hydrogen-bond donors (Lipinski definition) is 1. The van der Waals surface area contributed by atoms with Gasteiger partial charge in [0.15, 0.2) is 5.65 Å². The molecule has 3 aromatic rings. The van der Waals surface area contributed by atoms with E-state index in [0.29, 0.717) is 23.4 Å². The molecule has 0 radical (unpaired) electrons. The third-order valence-electron chi connectivity index (χ3n) is 3.86. The van der Waals surface area contributed by atoms with Crippen molar-refractivity contribution >= 4 is 15.7 Å². The van der Waals surface area contributed by atoms with Crippen molar-refractivity contribution in [1.82, 2.24) is 24.5 Å². The molecule has 0 aliphatic carbocycles. The minimum absolute atomic E-state index is 0.0511. The van der Waals surface area contributed by atoms with E-state index in [0.717, 1.165) is 0 Å². The monoisotopic (exact) mass is 429 g/mol. The average molecular weight is 429 g/mol. The number of alkyl halides is 3. The molecule has 0 fully saturated rings. The van der Waals surface area contributed by atoms with Crippen LogP contribution in [0.3, 0.4) is 0 Å². The highest BCUT2D eigenvalue weighted by Gasteiger charge is 2.37. The van der Waals surface area contributed by atoms with Crippen LogP contribution in [0, 0.1) is 5.92 Å². The number of nitrogens with one attached hydrogen (secondary N) is 1. The zero-order valence-electron chi connectivity index (χ0n) is 15.5. The number of aromatic nitrogens is 4. The largest absolute Gasteiger partial charge is 0.453 e. The summed E-state index contributed by atoms with van der Waals surface area (Å²) in [7, 11) is -3.66. The third kappa shape index (κ3) is 5.01. The first-order chi connectivity index (χ1) is 13.6. The maximum Gasteiger partial charge on any atom is 0.453 e. The summed E-state index contributed by atoms with van der Waals surface area (Å²) in [5.74, 6) is -0.832. The molecule has 0 aliphatic heterocycles. The lowest BCUT2D eigenvalue weighted by molar-refractivity contribution is -0.146. The van der Waals surface area contributed by atoms with Gasteiger partial charge in [-0.05, 0) is 42.7 Å². The second-order valence-corrected chi connectivity index (χ2v) is 8.38. The number of benzene rings is 1. The molecule has 2 aromatic heterocycles. The summed E-state index contributed by atoms with van der Waals surface area (Å²) in [5.41, 5.74) is -0.0846. The van der Waals surface area contributed by atoms with Gasteiger partial charge in [0.1, 0.15) is 5.75 Å². The van der Waals surface area contributed by atoms with Crippen molar-refractivity contribution in [1.29, 1.82) is 0 Å². The van der Waals surface area contributed by atoms with E-state index >= 15 is 0 Å². The molecule has 12 heteroatoms. The van der Waals surface area contributed by atoms with Crippen molar-refractivity contribution < 1.29 is 26.3 Å². The van der Waals surface area contributed by atoms with Crippen LogP contribution in [0.25, 0.3) is 5.65 Å². The number of halogens is 3. The van der Waals surface area contributed by atoms with Crippen molar-refractivity contribution in [2.24, 2.45) is 5.92 Å². The Balaban J connectivity index is 1.76. The number of ether oxygens (including phenoxy) is 1. The molecule has 0 saturated carbocycles. The van der Waals surface area contributed by atoms with E-state index < -0.39 is 22.0 Å². The van der Waals surface area contributed by atoms with Crippen LogP contribution < -0.4 is 9.46 Å². The highest BCUT2D eigenvalue weighted by molar-refractivity contribution is 7.89. The smallest absolute Gasteiger partial charge is 0.438 e. The van der Waals surface area contributed by atoms with E-state index in [9.17, 15) is 21.6 Å². The van der Waals surface area contributed by atoms with E-state index in [4.69, 9.17) is 4.74 Å². The van der Waals surface area contributed by atoms with Crippen LogP contribution in [0.1, 0.15) is 26.1 Å². The second kappa shape index (κ2) is 7.95. The molecule has 0 aliphatic rings. The van der Waals surface area contributed by atoms with Gasteiger partial charge in [0.05, 0.1) is 4.90 Å². The van der Waals surface area contributed by atoms with Crippen LogP contribution in [-0.2, 0) is 16.2 Å². The van der Waals surface area contributed by atoms with Gasteiger partial charge in [-0.1, -0.05) is 13.8 Å². The molecule has 0 bridgehead atoms. The van der Waals surface area contributed by atoms with Crippen LogP contribution in [0.4, 0.5) is 13.2 Å². The quantitative estimate of drug-likeness (QED) is 0.619. The van der Waals surface area contributed by atoms with Gasteiger partial charge in [0.2, 0.25) is 15.9 Å². The summed E-state index contributed by atoms with van der Waals surface area (Å²) in [6.45, 7) is 4.30. The van der Waals surface area contributed by atoms with Gasteiger partial charge in [0, 0.05) is 12.6 Å². The van der Waals surface area contributed by atoms with Crippen LogP contribution in [-0.4, -0.2) is 34.8 Å². The standard InChI is InChI=1S/C17H18F3N5O3S/c1-11(2)9-10-21-29(26,27)13-5-3-12(4-6-13)28-15-8-7-14-22-23-16(17(18,19)20)25(14)24-15/h3-8,11,21H,9-10H2,1-2H3. The average Bonchev–Trinajstić information content (AvgIpc) is 3.05. The number of fused-ring (bicyclic) bond motifs is 1. The van der Waals surface area contributed by atoms with Crippen LogP contribution in [0.5, 0.6) is 11.6 Å². The van der Waals surface area contributed by atoms with Gasteiger partial charge in [-0.2, -0.15) is 17.7 Å². The van der Waals surface area contributed by atoms with E-state index in [1.807, 2.05) is 13.8 Å². The predicted molar refractivity (Wildman–Crippen MR) is 96.9 cm³/mol. The summed E-state index contributed by atoms with van der Waals surface area (Å²) in [4.78, 5) is 0.0511. The van der Waals surface area contributed by atoms with Crippen molar-refractivity contribution in [2.75, 3.05) is 6.54 Å². The Hall–Kier alpha value is -2.73. The molecule has 0 spiro atoms. The maximum absolute atomic E-state index is 12.9. The van der Waals surface area contributed by atoms with Gasteiger partial charge >= 0.3 is 6.18 Å². The number of sulfonamides is 1. The maximum atomic E-state index is 12.9. The Labute approximate surface area is 164 Å². The Bertz CT molecular complexity index is 1100. The molecule has 3 rings (SSSR count). The van der Waals surface area contributed by atoms with Crippen LogP contribution >= 0.6 is 0 Å². The fraction of sp³-hybridized carbons (Fsp3) is 0.353. The van der Waals surface area contributed by atoms with Crippen molar-refractivity contribution in [3.63, 3.8) is 0 Å². The first kappa shape index (κ1) is 21.0. The molecule has 0 unspecified atom stereocenters. The lowest BCUT2D eigenvalue weighted by Gasteiger charge is -2.10. The molecule has 1 aromatic carbocycles. The first-order valence-corrected chi connectivity index (χ1v) is 10.1. The van der Waals surface area contributed by atoms with Gasteiger partial charge in [0.25, 0.3) is 5.82 Å². The molecule has 2 heterocycles. The van der Waals surface area contributed by atoms with Crippen molar-refractivity contribution in [2.45, 2.75) is 31.3 Å².